The third-order valence-electron chi connectivity index (χ3n) is 2.52. The summed E-state index contributed by atoms with van der Waals surface area (Å²) in [6.07, 6.45) is 1.20. The van der Waals surface area contributed by atoms with E-state index in [-0.39, 0.29) is 5.91 Å². The van der Waals surface area contributed by atoms with Gasteiger partial charge in [0.25, 0.3) is 0 Å². The number of H-pyrrole nitrogens is 1. The third-order valence-corrected chi connectivity index (χ3v) is 2.52. The molecule has 0 radical (unpaired) electrons. The molecule has 0 atom stereocenters. The van der Waals surface area contributed by atoms with Crippen LogP contribution in [0.5, 0.6) is 0 Å². The maximum Gasteiger partial charge on any atom is 0.225 e. The Morgan fingerprint density at radius 3 is 3.06 bits per heavy atom. The molecular formula is C12H16N4O. The molecule has 90 valence electrons. The molecule has 0 aliphatic rings. The van der Waals surface area contributed by atoms with Gasteiger partial charge in [-0.15, -0.1) is 0 Å². The maximum absolute atomic E-state index is 11.4. The number of carbonyl (C=O) groups excluding carboxylic acids is 1. The topological polar surface area (TPSA) is 83.8 Å². The molecule has 0 aliphatic heterocycles. The number of carbonyl (C=O) groups is 1. The van der Waals surface area contributed by atoms with Gasteiger partial charge in [0.1, 0.15) is 5.82 Å². The summed E-state index contributed by atoms with van der Waals surface area (Å²) in [4.78, 5) is 19.0. The highest BCUT2D eigenvalue weighted by Gasteiger charge is 2.04. The Hall–Kier alpha value is -1.88. The number of amides is 1. The Labute approximate surface area is 99.4 Å². The minimum atomic E-state index is -0.0675. The second kappa shape index (κ2) is 4.97. The molecule has 0 fully saturated rings. The number of anilines is 1. The quantitative estimate of drug-likeness (QED) is 0.745. The van der Waals surface area contributed by atoms with Crippen LogP contribution in [0, 0.1) is 0 Å². The second-order valence-electron chi connectivity index (χ2n) is 3.86. The van der Waals surface area contributed by atoms with Gasteiger partial charge in [0.2, 0.25) is 5.91 Å². The lowest BCUT2D eigenvalue weighted by molar-refractivity contribution is -0.116. The van der Waals surface area contributed by atoms with Crippen molar-refractivity contribution in [2.45, 2.75) is 19.8 Å². The molecule has 2 rings (SSSR count). The summed E-state index contributed by atoms with van der Waals surface area (Å²) in [7, 11) is 0. The molecule has 1 amide bonds. The minimum Gasteiger partial charge on any atom is -0.342 e. The van der Waals surface area contributed by atoms with Crippen molar-refractivity contribution in [3.8, 4) is 0 Å². The van der Waals surface area contributed by atoms with E-state index in [1.807, 2.05) is 25.1 Å². The summed E-state index contributed by atoms with van der Waals surface area (Å²) < 4.78 is 0. The molecule has 2 aromatic rings. The van der Waals surface area contributed by atoms with Crippen LogP contribution in [-0.4, -0.2) is 22.4 Å². The molecule has 0 bridgehead atoms. The van der Waals surface area contributed by atoms with Crippen molar-refractivity contribution in [2.24, 2.45) is 5.73 Å². The number of aromatic amines is 1. The van der Waals surface area contributed by atoms with Gasteiger partial charge in [0, 0.05) is 25.1 Å². The summed E-state index contributed by atoms with van der Waals surface area (Å²) in [5.41, 5.74) is 7.94. The molecule has 0 spiro atoms. The molecule has 1 aromatic heterocycles. The van der Waals surface area contributed by atoms with Gasteiger partial charge in [0.15, 0.2) is 0 Å². The van der Waals surface area contributed by atoms with Gasteiger partial charge in [-0.05, 0) is 18.2 Å². The van der Waals surface area contributed by atoms with Crippen LogP contribution in [0.25, 0.3) is 11.0 Å². The number of benzene rings is 1. The smallest absolute Gasteiger partial charge is 0.225 e. The van der Waals surface area contributed by atoms with Crippen molar-refractivity contribution in [3.05, 3.63) is 24.0 Å². The number of hydrogen-bond donors (Lipinski definition) is 3. The zero-order valence-corrected chi connectivity index (χ0v) is 9.79. The van der Waals surface area contributed by atoms with E-state index in [0.717, 1.165) is 29.0 Å². The Bertz CT molecular complexity index is 532. The fourth-order valence-corrected chi connectivity index (χ4v) is 1.66. The summed E-state index contributed by atoms with van der Waals surface area (Å²) in [6.45, 7) is 2.40. The first-order valence-corrected chi connectivity index (χ1v) is 5.71. The Kier molecular flexibility index (Phi) is 3.39. The van der Waals surface area contributed by atoms with Crippen molar-refractivity contribution >= 4 is 22.6 Å². The second-order valence-corrected chi connectivity index (χ2v) is 3.86. The monoisotopic (exact) mass is 232 g/mol. The maximum atomic E-state index is 11.4. The lowest BCUT2D eigenvalue weighted by atomic mass is 10.2. The Balaban J connectivity index is 2.21. The number of aromatic nitrogens is 2. The van der Waals surface area contributed by atoms with E-state index in [1.54, 1.807) is 0 Å². The standard InChI is InChI=1S/C12H16N4O/c1-2-11-15-9-4-3-8(7-10(9)16-11)14-12(17)5-6-13/h3-4,7H,2,5-6,13H2,1H3,(H,14,17)(H,15,16). The number of imidazole rings is 1. The number of nitrogens with zero attached hydrogens (tertiary/aromatic N) is 1. The SMILES string of the molecule is CCc1nc2ccc(NC(=O)CCN)cc2[nH]1. The van der Waals surface area contributed by atoms with Gasteiger partial charge < -0.3 is 16.0 Å². The lowest BCUT2D eigenvalue weighted by Crippen LogP contribution is -2.16. The Morgan fingerprint density at radius 2 is 2.35 bits per heavy atom. The van der Waals surface area contributed by atoms with Crippen molar-refractivity contribution in [2.75, 3.05) is 11.9 Å². The zero-order chi connectivity index (χ0) is 12.3. The van der Waals surface area contributed by atoms with Gasteiger partial charge >= 0.3 is 0 Å². The predicted octanol–water partition coefficient (Wildman–Crippen LogP) is 1.41. The number of hydrogen-bond acceptors (Lipinski definition) is 3. The fraction of sp³-hybridized carbons (Fsp3) is 0.333. The highest BCUT2D eigenvalue weighted by atomic mass is 16.1. The lowest BCUT2D eigenvalue weighted by Gasteiger charge is -2.03. The predicted molar refractivity (Wildman–Crippen MR) is 67.8 cm³/mol. The van der Waals surface area contributed by atoms with Crippen LogP contribution in [-0.2, 0) is 11.2 Å². The van der Waals surface area contributed by atoms with Crippen LogP contribution >= 0.6 is 0 Å². The molecule has 1 aromatic carbocycles. The van der Waals surface area contributed by atoms with E-state index in [4.69, 9.17) is 5.73 Å². The van der Waals surface area contributed by atoms with Crippen LogP contribution < -0.4 is 11.1 Å². The van der Waals surface area contributed by atoms with Gasteiger partial charge in [-0.3, -0.25) is 4.79 Å². The van der Waals surface area contributed by atoms with E-state index in [0.29, 0.717) is 13.0 Å². The van der Waals surface area contributed by atoms with Gasteiger partial charge in [-0.1, -0.05) is 6.92 Å². The van der Waals surface area contributed by atoms with Gasteiger partial charge in [-0.25, -0.2) is 4.98 Å². The number of nitrogens with two attached hydrogens (primary N) is 1. The van der Waals surface area contributed by atoms with Crippen LogP contribution in [0.4, 0.5) is 5.69 Å². The van der Waals surface area contributed by atoms with Gasteiger partial charge in [0.05, 0.1) is 11.0 Å². The molecule has 5 heteroatoms. The van der Waals surface area contributed by atoms with Crippen molar-refractivity contribution in [1.29, 1.82) is 0 Å². The number of fused-ring (bicyclic) bond motifs is 1. The van der Waals surface area contributed by atoms with E-state index in [2.05, 4.69) is 15.3 Å². The van der Waals surface area contributed by atoms with E-state index in [9.17, 15) is 4.79 Å². The number of aryl methyl sites for hydroxylation is 1. The number of nitrogens with one attached hydrogen (secondary N) is 2. The molecule has 5 nitrogen and oxygen atoms in total. The summed E-state index contributed by atoms with van der Waals surface area (Å²) >= 11 is 0. The Morgan fingerprint density at radius 1 is 1.53 bits per heavy atom. The third kappa shape index (κ3) is 2.62. The van der Waals surface area contributed by atoms with Crippen LogP contribution in [0.2, 0.25) is 0 Å². The largest absolute Gasteiger partial charge is 0.342 e. The summed E-state index contributed by atoms with van der Waals surface area (Å²) in [6, 6.07) is 5.62. The first kappa shape index (κ1) is 11.6. The first-order valence-electron chi connectivity index (χ1n) is 5.71. The fourth-order valence-electron chi connectivity index (χ4n) is 1.66. The molecular weight excluding hydrogens is 216 g/mol. The first-order chi connectivity index (χ1) is 8.22. The van der Waals surface area contributed by atoms with Gasteiger partial charge in [-0.2, -0.15) is 0 Å². The molecule has 0 aliphatic carbocycles. The molecule has 0 saturated heterocycles. The van der Waals surface area contributed by atoms with E-state index >= 15 is 0 Å². The molecule has 4 N–H and O–H groups in total. The molecule has 0 saturated carbocycles. The van der Waals surface area contributed by atoms with Crippen molar-refractivity contribution in [3.63, 3.8) is 0 Å². The molecule has 17 heavy (non-hydrogen) atoms. The van der Waals surface area contributed by atoms with Crippen molar-refractivity contribution < 1.29 is 4.79 Å². The van der Waals surface area contributed by atoms with Crippen LogP contribution in [0.3, 0.4) is 0 Å². The van der Waals surface area contributed by atoms with Crippen molar-refractivity contribution in [1.82, 2.24) is 9.97 Å². The molecule has 1 heterocycles. The number of rotatable bonds is 4. The van der Waals surface area contributed by atoms with Crippen LogP contribution in [0.1, 0.15) is 19.2 Å². The highest BCUT2D eigenvalue weighted by molar-refractivity contribution is 5.93. The average molecular weight is 232 g/mol. The zero-order valence-electron chi connectivity index (χ0n) is 9.79. The summed E-state index contributed by atoms with van der Waals surface area (Å²) in [5.74, 6) is 0.882. The van der Waals surface area contributed by atoms with Crippen LogP contribution in [0.15, 0.2) is 18.2 Å². The van der Waals surface area contributed by atoms with E-state index < -0.39 is 0 Å². The van der Waals surface area contributed by atoms with E-state index in [1.165, 1.54) is 0 Å². The highest BCUT2D eigenvalue weighted by Crippen LogP contribution is 2.17. The average Bonchev–Trinajstić information content (AvgIpc) is 2.71. The molecule has 0 unspecified atom stereocenters. The normalized spacial score (nSPS) is 10.7. The summed E-state index contributed by atoms with van der Waals surface area (Å²) in [5, 5.41) is 2.80. The minimum absolute atomic E-state index is 0.0675.